The van der Waals surface area contributed by atoms with Gasteiger partial charge in [0.25, 0.3) is 5.91 Å². The van der Waals surface area contributed by atoms with E-state index in [0.717, 1.165) is 0 Å². The molecule has 1 fully saturated rings. The van der Waals surface area contributed by atoms with Gasteiger partial charge in [-0.1, -0.05) is 23.7 Å². The van der Waals surface area contributed by atoms with Crippen LogP contribution in [0.15, 0.2) is 24.3 Å². The number of ether oxygens (including phenoxy) is 1. The lowest BCUT2D eigenvalue weighted by molar-refractivity contribution is -0.141. The lowest BCUT2D eigenvalue weighted by atomic mass is 10.2. The van der Waals surface area contributed by atoms with Gasteiger partial charge in [0.15, 0.2) is 15.9 Å². The fourth-order valence-corrected chi connectivity index (χ4v) is 4.69. The van der Waals surface area contributed by atoms with Crippen molar-refractivity contribution in [3.8, 4) is 0 Å². The highest BCUT2D eigenvalue weighted by atomic mass is 35.5. The van der Waals surface area contributed by atoms with Crippen LogP contribution in [0.4, 0.5) is 0 Å². The maximum atomic E-state index is 12.5. The van der Waals surface area contributed by atoms with Gasteiger partial charge in [-0.15, -0.1) is 0 Å². The van der Waals surface area contributed by atoms with E-state index >= 15 is 0 Å². The molecule has 0 aromatic heterocycles. The van der Waals surface area contributed by atoms with Crippen molar-refractivity contribution in [2.75, 3.05) is 18.1 Å². The van der Waals surface area contributed by atoms with Gasteiger partial charge in [-0.3, -0.25) is 4.79 Å². The van der Waals surface area contributed by atoms with E-state index in [0.29, 0.717) is 13.0 Å². The fraction of sp³-hybridized carbons (Fsp3) is 0.500. The Morgan fingerprint density at radius 1 is 1.38 bits per heavy atom. The zero-order valence-electron chi connectivity index (χ0n) is 13.6. The molecule has 0 N–H and O–H groups in total. The number of likely N-dealkylation sites (N-methyl/N-ethyl adjacent to an activating group) is 1. The summed E-state index contributed by atoms with van der Waals surface area (Å²) in [5.41, 5.74) is 0.185. The minimum Gasteiger partial charge on any atom is -0.449 e. The normalized spacial score (nSPS) is 20.4. The molecule has 0 saturated carbocycles. The van der Waals surface area contributed by atoms with Crippen molar-refractivity contribution >= 4 is 33.3 Å². The Bertz CT molecular complexity index is 734. The molecule has 0 unspecified atom stereocenters. The quantitative estimate of drug-likeness (QED) is 0.736. The molecule has 1 aliphatic heterocycles. The van der Waals surface area contributed by atoms with Crippen LogP contribution in [0.2, 0.25) is 5.02 Å². The highest BCUT2D eigenvalue weighted by molar-refractivity contribution is 7.91. The van der Waals surface area contributed by atoms with Gasteiger partial charge in [0, 0.05) is 12.6 Å². The van der Waals surface area contributed by atoms with Crippen LogP contribution in [0.5, 0.6) is 0 Å². The van der Waals surface area contributed by atoms with Crippen LogP contribution >= 0.6 is 11.6 Å². The molecule has 1 amide bonds. The van der Waals surface area contributed by atoms with Crippen molar-refractivity contribution in [1.82, 2.24) is 4.90 Å². The summed E-state index contributed by atoms with van der Waals surface area (Å²) >= 11 is 5.94. The van der Waals surface area contributed by atoms with Crippen molar-refractivity contribution in [3.63, 3.8) is 0 Å². The van der Waals surface area contributed by atoms with Crippen molar-refractivity contribution in [2.24, 2.45) is 0 Å². The van der Waals surface area contributed by atoms with Crippen LogP contribution in [-0.4, -0.2) is 55.4 Å². The van der Waals surface area contributed by atoms with Gasteiger partial charge in [-0.25, -0.2) is 13.2 Å². The minimum atomic E-state index is -3.10. The van der Waals surface area contributed by atoms with E-state index in [4.69, 9.17) is 16.3 Å². The second kappa shape index (κ2) is 7.53. The molecule has 2 atom stereocenters. The Hall–Kier alpha value is -1.60. The first-order valence-corrected chi connectivity index (χ1v) is 9.91. The molecule has 1 saturated heterocycles. The van der Waals surface area contributed by atoms with Crippen molar-refractivity contribution in [1.29, 1.82) is 0 Å². The predicted octanol–water partition coefficient (Wildman–Crippen LogP) is 1.92. The van der Waals surface area contributed by atoms with Crippen LogP contribution < -0.4 is 0 Å². The zero-order valence-corrected chi connectivity index (χ0v) is 15.1. The third-order valence-electron chi connectivity index (χ3n) is 4.00. The Morgan fingerprint density at radius 2 is 2.04 bits per heavy atom. The second-order valence-electron chi connectivity index (χ2n) is 5.71. The number of benzene rings is 1. The Labute approximate surface area is 146 Å². The van der Waals surface area contributed by atoms with Crippen LogP contribution in [0, 0.1) is 0 Å². The van der Waals surface area contributed by atoms with Crippen LogP contribution in [0.3, 0.4) is 0 Å². The third kappa shape index (κ3) is 4.27. The van der Waals surface area contributed by atoms with Gasteiger partial charge in [0.2, 0.25) is 0 Å². The summed E-state index contributed by atoms with van der Waals surface area (Å²) in [7, 11) is -3.10. The Kier molecular flexibility index (Phi) is 5.87. The van der Waals surface area contributed by atoms with Crippen LogP contribution in [0.25, 0.3) is 0 Å². The van der Waals surface area contributed by atoms with Crippen LogP contribution in [-0.2, 0) is 19.4 Å². The fourth-order valence-electron chi connectivity index (χ4n) is 2.75. The number of amides is 1. The van der Waals surface area contributed by atoms with E-state index in [9.17, 15) is 18.0 Å². The van der Waals surface area contributed by atoms with Gasteiger partial charge < -0.3 is 9.64 Å². The summed E-state index contributed by atoms with van der Waals surface area (Å²) < 4.78 is 28.4. The number of rotatable bonds is 5. The highest BCUT2D eigenvalue weighted by Gasteiger charge is 2.36. The maximum Gasteiger partial charge on any atom is 0.340 e. The van der Waals surface area contributed by atoms with Crippen molar-refractivity contribution < 1.29 is 22.7 Å². The molecule has 8 heteroatoms. The summed E-state index contributed by atoms with van der Waals surface area (Å²) in [4.78, 5) is 26.2. The average Bonchev–Trinajstić information content (AvgIpc) is 2.88. The first-order chi connectivity index (χ1) is 11.2. The number of halogens is 1. The summed E-state index contributed by atoms with van der Waals surface area (Å²) in [6, 6.07) is 6.05. The molecule has 132 valence electrons. The van der Waals surface area contributed by atoms with E-state index in [1.54, 1.807) is 25.1 Å². The molecule has 1 aromatic rings. The number of hydrogen-bond acceptors (Lipinski definition) is 5. The largest absolute Gasteiger partial charge is 0.449 e. The number of nitrogens with zero attached hydrogens (tertiary/aromatic N) is 1. The summed E-state index contributed by atoms with van der Waals surface area (Å²) in [5, 5.41) is 0.247. The lowest BCUT2D eigenvalue weighted by Gasteiger charge is -2.29. The number of carbonyl (C=O) groups is 2. The van der Waals surface area contributed by atoms with E-state index in [1.165, 1.54) is 17.9 Å². The monoisotopic (exact) mass is 373 g/mol. The molecule has 0 radical (unpaired) electrons. The van der Waals surface area contributed by atoms with Gasteiger partial charge in [-0.2, -0.15) is 0 Å². The van der Waals surface area contributed by atoms with E-state index in [2.05, 4.69) is 0 Å². The van der Waals surface area contributed by atoms with Crippen molar-refractivity contribution in [3.05, 3.63) is 34.9 Å². The second-order valence-corrected chi connectivity index (χ2v) is 8.34. The van der Waals surface area contributed by atoms with E-state index in [1.807, 2.05) is 0 Å². The third-order valence-corrected chi connectivity index (χ3v) is 6.08. The van der Waals surface area contributed by atoms with E-state index < -0.39 is 27.8 Å². The molecule has 24 heavy (non-hydrogen) atoms. The maximum absolute atomic E-state index is 12.5. The first kappa shape index (κ1) is 18.7. The SMILES string of the molecule is CCN(C(=O)[C@@H](C)OC(=O)c1ccccc1Cl)[C@@H]1CCS(=O)(=O)C1. The number of sulfone groups is 1. The molecule has 1 aromatic carbocycles. The van der Waals surface area contributed by atoms with Crippen LogP contribution in [0.1, 0.15) is 30.6 Å². The number of carbonyl (C=O) groups excluding carboxylic acids is 2. The predicted molar refractivity (Wildman–Crippen MR) is 90.8 cm³/mol. The molecule has 6 nitrogen and oxygen atoms in total. The lowest BCUT2D eigenvalue weighted by Crippen LogP contribution is -2.46. The standard InChI is InChI=1S/C16H20ClNO5S/c1-3-18(12-8-9-24(21,22)10-12)15(19)11(2)23-16(20)13-6-4-5-7-14(13)17/h4-7,11-12H,3,8-10H2,1-2H3/t11-,12-/m1/s1. The molecule has 0 aliphatic carbocycles. The molecule has 1 heterocycles. The molecular formula is C16H20ClNO5S. The number of esters is 1. The van der Waals surface area contributed by atoms with Crippen molar-refractivity contribution in [2.45, 2.75) is 32.4 Å². The average molecular weight is 374 g/mol. The minimum absolute atomic E-state index is 0.0439. The summed E-state index contributed by atoms with van der Waals surface area (Å²) in [6.45, 7) is 3.60. The van der Waals surface area contributed by atoms with Gasteiger partial charge in [0.1, 0.15) is 0 Å². The van der Waals surface area contributed by atoms with Gasteiger partial charge >= 0.3 is 5.97 Å². The highest BCUT2D eigenvalue weighted by Crippen LogP contribution is 2.20. The summed E-state index contributed by atoms with van der Waals surface area (Å²) in [6.07, 6.45) is -0.607. The first-order valence-electron chi connectivity index (χ1n) is 7.71. The number of hydrogen-bond donors (Lipinski definition) is 0. The molecule has 0 bridgehead atoms. The zero-order chi connectivity index (χ0) is 17.9. The summed E-state index contributed by atoms with van der Waals surface area (Å²) in [5.74, 6) is -1.05. The molecule has 2 rings (SSSR count). The molecule has 0 spiro atoms. The Balaban J connectivity index is 2.05. The molecular weight excluding hydrogens is 354 g/mol. The Morgan fingerprint density at radius 3 is 2.58 bits per heavy atom. The van der Waals surface area contributed by atoms with E-state index in [-0.39, 0.29) is 28.1 Å². The molecule has 1 aliphatic rings. The topological polar surface area (TPSA) is 80.8 Å². The van der Waals surface area contributed by atoms with Gasteiger partial charge in [0.05, 0.1) is 22.1 Å². The van der Waals surface area contributed by atoms with Gasteiger partial charge in [-0.05, 0) is 32.4 Å². The smallest absolute Gasteiger partial charge is 0.340 e.